The van der Waals surface area contributed by atoms with Crippen LogP contribution in [0.3, 0.4) is 0 Å². The molecule has 2 aromatic rings. The van der Waals surface area contributed by atoms with Crippen molar-refractivity contribution in [1.29, 1.82) is 0 Å². The van der Waals surface area contributed by atoms with Gasteiger partial charge >= 0.3 is 6.36 Å². The fourth-order valence-corrected chi connectivity index (χ4v) is 2.41. The fourth-order valence-electron chi connectivity index (χ4n) is 2.00. The van der Waals surface area contributed by atoms with Gasteiger partial charge in [-0.2, -0.15) is 0 Å². The molecule has 2 rings (SSSR count). The Morgan fingerprint density at radius 1 is 1.04 bits per heavy atom. The van der Waals surface area contributed by atoms with Crippen LogP contribution in [-0.2, 0) is 17.8 Å². The lowest BCUT2D eigenvalue weighted by Crippen LogP contribution is -2.24. The van der Waals surface area contributed by atoms with E-state index in [0.29, 0.717) is 5.56 Å². The van der Waals surface area contributed by atoms with E-state index in [9.17, 15) is 18.0 Å². The highest BCUT2D eigenvalue weighted by molar-refractivity contribution is 7.98. The molecule has 1 amide bonds. The molecule has 2 aromatic carbocycles. The summed E-state index contributed by atoms with van der Waals surface area (Å²) in [6.45, 7) is 0.244. The number of rotatable bonds is 6. The molecule has 0 aliphatic rings. The third-order valence-electron chi connectivity index (χ3n) is 3.17. The van der Waals surface area contributed by atoms with Crippen molar-refractivity contribution in [2.75, 3.05) is 6.26 Å². The van der Waals surface area contributed by atoms with Crippen LogP contribution >= 0.6 is 11.8 Å². The highest BCUT2D eigenvalue weighted by Crippen LogP contribution is 2.22. The number of ether oxygens (including phenoxy) is 1. The highest BCUT2D eigenvalue weighted by atomic mass is 32.2. The van der Waals surface area contributed by atoms with E-state index in [1.807, 2.05) is 30.5 Å². The molecule has 0 unspecified atom stereocenters. The summed E-state index contributed by atoms with van der Waals surface area (Å²) in [7, 11) is 0. The second-order valence-electron chi connectivity index (χ2n) is 4.99. The molecule has 0 saturated heterocycles. The third kappa shape index (κ3) is 6.16. The number of carbonyl (C=O) groups is 1. The predicted octanol–water partition coefficient (Wildman–Crippen LogP) is 4.17. The van der Waals surface area contributed by atoms with Crippen LogP contribution < -0.4 is 10.1 Å². The van der Waals surface area contributed by atoms with Crippen LogP contribution in [0.1, 0.15) is 11.1 Å². The maximum Gasteiger partial charge on any atom is 0.573 e. The van der Waals surface area contributed by atoms with Gasteiger partial charge < -0.3 is 10.1 Å². The van der Waals surface area contributed by atoms with Gasteiger partial charge in [0.05, 0.1) is 6.42 Å². The predicted molar refractivity (Wildman–Crippen MR) is 86.9 cm³/mol. The van der Waals surface area contributed by atoms with Crippen LogP contribution in [0.5, 0.6) is 5.75 Å². The molecular formula is C17H16F3NO2S. The molecule has 0 heterocycles. The van der Waals surface area contributed by atoms with Crippen LogP contribution in [0.4, 0.5) is 13.2 Å². The summed E-state index contributed by atoms with van der Waals surface area (Å²) in [5.41, 5.74) is 1.59. The zero-order chi connectivity index (χ0) is 17.6. The zero-order valence-corrected chi connectivity index (χ0v) is 13.7. The van der Waals surface area contributed by atoms with E-state index in [-0.39, 0.29) is 24.6 Å². The molecule has 0 radical (unpaired) electrons. The Bertz CT molecular complexity index is 670. The van der Waals surface area contributed by atoms with Gasteiger partial charge in [0.25, 0.3) is 0 Å². The van der Waals surface area contributed by atoms with Gasteiger partial charge in [-0.25, -0.2) is 0 Å². The van der Waals surface area contributed by atoms with E-state index in [4.69, 9.17) is 0 Å². The molecule has 0 spiro atoms. The summed E-state index contributed by atoms with van der Waals surface area (Å²) >= 11 is 1.63. The monoisotopic (exact) mass is 355 g/mol. The van der Waals surface area contributed by atoms with Crippen LogP contribution in [0, 0.1) is 0 Å². The third-order valence-corrected chi connectivity index (χ3v) is 3.91. The number of hydrogen-bond donors (Lipinski definition) is 1. The molecule has 3 nitrogen and oxygen atoms in total. The van der Waals surface area contributed by atoms with Crippen molar-refractivity contribution < 1.29 is 22.7 Å². The molecule has 0 aromatic heterocycles. The van der Waals surface area contributed by atoms with Gasteiger partial charge in [0.15, 0.2) is 0 Å². The van der Waals surface area contributed by atoms with Crippen molar-refractivity contribution in [3.8, 4) is 5.75 Å². The molecule has 0 bridgehead atoms. The molecule has 1 N–H and O–H groups in total. The molecule has 0 saturated carbocycles. The number of thioether (sulfide) groups is 1. The summed E-state index contributed by atoms with van der Waals surface area (Å²) in [4.78, 5) is 13.0. The first-order chi connectivity index (χ1) is 11.4. The molecule has 24 heavy (non-hydrogen) atoms. The number of carbonyl (C=O) groups excluding carboxylic acids is 1. The largest absolute Gasteiger partial charge is 0.573 e. The van der Waals surface area contributed by atoms with E-state index in [0.717, 1.165) is 10.5 Å². The summed E-state index contributed by atoms with van der Waals surface area (Å²) < 4.78 is 40.0. The van der Waals surface area contributed by atoms with Crippen LogP contribution in [0.2, 0.25) is 0 Å². The Kier molecular flexibility index (Phi) is 6.14. The Morgan fingerprint density at radius 2 is 1.62 bits per heavy atom. The lowest BCUT2D eigenvalue weighted by atomic mass is 10.1. The van der Waals surface area contributed by atoms with Crippen molar-refractivity contribution >= 4 is 17.7 Å². The first kappa shape index (κ1) is 18.2. The molecule has 128 valence electrons. The summed E-state index contributed by atoms with van der Waals surface area (Å²) in [5.74, 6) is -0.436. The number of benzene rings is 2. The van der Waals surface area contributed by atoms with E-state index >= 15 is 0 Å². The smallest absolute Gasteiger partial charge is 0.406 e. The van der Waals surface area contributed by atoms with E-state index in [2.05, 4.69) is 10.1 Å². The van der Waals surface area contributed by atoms with E-state index in [1.165, 1.54) is 24.3 Å². The number of halogens is 3. The standard InChI is InChI=1S/C17H16F3NO2S/c1-24-15-8-4-12(5-9-15)10-16(22)21-11-13-2-6-14(7-3-13)23-17(18,19)20/h2-9H,10-11H2,1H3,(H,21,22). The molecule has 7 heteroatoms. The minimum absolute atomic E-state index is 0.150. The zero-order valence-electron chi connectivity index (χ0n) is 12.9. The van der Waals surface area contributed by atoms with E-state index < -0.39 is 6.36 Å². The maximum absolute atomic E-state index is 12.1. The second kappa shape index (κ2) is 8.10. The Labute approximate surface area is 142 Å². The molecule has 0 fully saturated rings. The van der Waals surface area contributed by atoms with Crippen LogP contribution in [0.25, 0.3) is 0 Å². The number of alkyl halides is 3. The average Bonchev–Trinajstić information content (AvgIpc) is 2.53. The minimum Gasteiger partial charge on any atom is -0.406 e. The Hall–Kier alpha value is -2.15. The number of nitrogens with one attached hydrogen (secondary N) is 1. The summed E-state index contributed by atoms with van der Waals surface area (Å²) in [6, 6.07) is 13.1. The Balaban J connectivity index is 1.82. The Morgan fingerprint density at radius 3 is 2.17 bits per heavy atom. The first-order valence-electron chi connectivity index (χ1n) is 7.10. The van der Waals surface area contributed by atoms with E-state index in [1.54, 1.807) is 11.8 Å². The molecule has 0 aliphatic carbocycles. The van der Waals surface area contributed by atoms with Crippen molar-refractivity contribution in [3.05, 3.63) is 59.7 Å². The topological polar surface area (TPSA) is 38.3 Å². The molecule has 0 aliphatic heterocycles. The van der Waals surface area contributed by atoms with Gasteiger partial charge in [0.1, 0.15) is 5.75 Å². The first-order valence-corrected chi connectivity index (χ1v) is 8.32. The van der Waals surface area contributed by atoms with Gasteiger partial charge in [-0.3, -0.25) is 4.79 Å². The quantitative estimate of drug-likeness (QED) is 0.791. The van der Waals surface area contributed by atoms with Gasteiger partial charge in [-0.05, 0) is 41.6 Å². The lowest BCUT2D eigenvalue weighted by Gasteiger charge is -2.10. The van der Waals surface area contributed by atoms with Crippen molar-refractivity contribution in [1.82, 2.24) is 5.32 Å². The van der Waals surface area contributed by atoms with Gasteiger partial charge in [0, 0.05) is 11.4 Å². The summed E-state index contributed by atoms with van der Waals surface area (Å²) in [5, 5.41) is 2.74. The fraction of sp³-hybridized carbons (Fsp3) is 0.235. The van der Waals surface area contributed by atoms with Crippen molar-refractivity contribution in [2.45, 2.75) is 24.2 Å². The maximum atomic E-state index is 12.1. The molecular weight excluding hydrogens is 339 g/mol. The molecule has 0 atom stereocenters. The van der Waals surface area contributed by atoms with Gasteiger partial charge in [-0.15, -0.1) is 24.9 Å². The summed E-state index contributed by atoms with van der Waals surface area (Å²) in [6.07, 6.45) is -2.47. The normalized spacial score (nSPS) is 11.2. The lowest BCUT2D eigenvalue weighted by molar-refractivity contribution is -0.274. The van der Waals surface area contributed by atoms with Crippen molar-refractivity contribution in [2.24, 2.45) is 0 Å². The highest BCUT2D eigenvalue weighted by Gasteiger charge is 2.30. The average molecular weight is 355 g/mol. The second-order valence-corrected chi connectivity index (χ2v) is 5.87. The van der Waals surface area contributed by atoms with Gasteiger partial charge in [0.2, 0.25) is 5.91 Å². The van der Waals surface area contributed by atoms with Gasteiger partial charge in [-0.1, -0.05) is 24.3 Å². The van der Waals surface area contributed by atoms with Crippen LogP contribution in [0.15, 0.2) is 53.4 Å². The SMILES string of the molecule is CSc1ccc(CC(=O)NCc2ccc(OC(F)(F)F)cc2)cc1. The van der Waals surface area contributed by atoms with Crippen molar-refractivity contribution in [3.63, 3.8) is 0 Å². The van der Waals surface area contributed by atoms with Crippen LogP contribution in [-0.4, -0.2) is 18.5 Å². The minimum atomic E-state index is -4.71. The number of amides is 1. The number of hydrogen-bond acceptors (Lipinski definition) is 3.